The van der Waals surface area contributed by atoms with Crippen LogP contribution in [0.2, 0.25) is 0 Å². The fourth-order valence-electron chi connectivity index (χ4n) is 4.87. The van der Waals surface area contributed by atoms with Gasteiger partial charge in [0, 0.05) is 24.6 Å². The van der Waals surface area contributed by atoms with Crippen LogP contribution >= 0.6 is 0 Å². The molecule has 1 fully saturated rings. The number of anilines is 1. The van der Waals surface area contributed by atoms with E-state index in [4.69, 9.17) is 14.5 Å². The number of aryl methyl sites for hydroxylation is 1. The molecule has 1 aromatic heterocycles. The standard InChI is InChI=1S/C30H31N3O3/c1-4-7-22-12-15-27(28(18-22)35-3)36-17-16-32-26-9-6-5-8-25(26)31-30(32)23-19-29(34)33(20-23)24-13-10-21(2)11-14-24/h4-6,8-15,18,23H,1,7,16-17,19-20H2,2-3H3/t23-/m1/s1. The second-order valence-electron chi connectivity index (χ2n) is 9.18. The van der Waals surface area contributed by atoms with Gasteiger partial charge in [0.25, 0.3) is 0 Å². The van der Waals surface area contributed by atoms with Gasteiger partial charge in [-0.1, -0.05) is 42.0 Å². The summed E-state index contributed by atoms with van der Waals surface area (Å²) in [4.78, 5) is 19.8. The first-order chi connectivity index (χ1) is 17.6. The lowest BCUT2D eigenvalue weighted by Gasteiger charge is -2.18. The molecule has 0 unspecified atom stereocenters. The Morgan fingerprint density at radius 2 is 1.89 bits per heavy atom. The summed E-state index contributed by atoms with van der Waals surface area (Å²) in [6.45, 7) is 7.53. The summed E-state index contributed by atoms with van der Waals surface area (Å²) in [5, 5.41) is 0. The summed E-state index contributed by atoms with van der Waals surface area (Å²) < 4.78 is 13.9. The number of nitrogens with zero attached hydrogens (tertiary/aromatic N) is 3. The summed E-state index contributed by atoms with van der Waals surface area (Å²) >= 11 is 0. The van der Waals surface area contributed by atoms with E-state index in [1.54, 1.807) is 7.11 Å². The lowest BCUT2D eigenvalue weighted by Crippen LogP contribution is -2.24. The van der Waals surface area contributed by atoms with Crippen LogP contribution in [0, 0.1) is 6.92 Å². The third kappa shape index (κ3) is 4.71. The second-order valence-corrected chi connectivity index (χ2v) is 9.18. The first kappa shape index (κ1) is 23.7. The first-order valence-corrected chi connectivity index (χ1v) is 12.3. The molecule has 0 radical (unpaired) electrons. The van der Waals surface area contributed by atoms with Crippen molar-refractivity contribution >= 4 is 22.6 Å². The van der Waals surface area contributed by atoms with Gasteiger partial charge in [0.1, 0.15) is 12.4 Å². The Morgan fingerprint density at radius 1 is 1.08 bits per heavy atom. The molecule has 1 amide bonds. The smallest absolute Gasteiger partial charge is 0.227 e. The number of rotatable bonds is 9. The number of ether oxygens (including phenoxy) is 2. The van der Waals surface area contributed by atoms with Gasteiger partial charge in [-0.05, 0) is 55.3 Å². The van der Waals surface area contributed by atoms with E-state index < -0.39 is 0 Å². The molecule has 2 heterocycles. The van der Waals surface area contributed by atoms with Crippen LogP contribution < -0.4 is 14.4 Å². The van der Waals surface area contributed by atoms with Crippen molar-refractivity contribution in [2.45, 2.75) is 32.2 Å². The third-order valence-corrected chi connectivity index (χ3v) is 6.70. The van der Waals surface area contributed by atoms with Gasteiger partial charge >= 0.3 is 0 Å². The maximum Gasteiger partial charge on any atom is 0.227 e. The van der Waals surface area contributed by atoms with Crippen LogP contribution in [0.5, 0.6) is 11.5 Å². The van der Waals surface area contributed by atoms with Gasteiger partial charge in [0.15, 0.2) is 11.5 Å². The molecule has 1 aliphatic rings. The maximum absolute atomic E-state index is 13.0. The summed E-state index contributed by atoms with van der Waals surface area (Å²) in [7, 11) is 1.65. The highest BCUT2D eigenvalue weighted by molar-refractivity contribution is 5.96. The van der Waals surface area contributed by atoms with Crippen molar-refractivity contribution in [3.63, 3.8) is 0 Å². The number of fused-ring (bicyclic) bond motifs is 1. The normalized spacial score (nSPS) is 15.4. The number of carbonyl (C=O) groups is 1. The van der Waals surface area contributed by atoms with Crippen LogP contribution in [-0.2, 0) is 17.8 Å². The van der Waals surface area contributed by atoms with Gasteiger partial charge in [-0.15, -0.1) is 6.58 Å². The molecule has 0 spiro atoms. The van der Waals surface area contributed by atoms with Gasteiger partial charge < -0.3 is 18.9 Å². The minimum atomic E-state index is 0.0129. The maximum atomic E-state index is 13.0. The van der Waals surface area contributed by atoms with Crippen LogP contribution in [-0.4, -0.2) is 35.7 Å². The molecule has 6 nitrogen and oxygen atoms in total. The molecule has 6 heteroatoms. The lowest BCUT2D eigenvalue weighted by molar-refractivity contribution is -0.117. The van der Waals surface area contributed by atoms with Crippen LogP contribution in [0.3, 0.4) is 0 Å². The number of imidazole rings is 1. The van der Waals surface area contributed by atoms with E-state index in [0.29, 0.717) is 37.6 Å². The summed E-state index contributed by atoms with van der Waals surface area (Å²) in [5.74, 6) is 2.48. The number of carbonyl (C=O) groups excluding carboxylic acids is 1. The molecule has 1 saturated heterocycles. The highest BCUT2D eigenvalue weighted by atomic mass is 16.5. The molecule has 184 valence electrons. The van der Waals surface area contributed by atoms with Gasteiger partial charge in [0.05, 0.1) is 24.7 Å². The van der Waals surface area contributed by atoms with E-state index in [2.05, 4.69) is 17.2 Å². The molecule has 0 bridgehead atoms. The minimum Gasteiger partial charge on any atom is -0.493 e. The van der Waals surface area contributed by atoms with Gasteiger partial charge in [0.2, 0.25) is 5.91 Å². The monoisotopic (exact) mass is 481 g/mol. The van der Waals surface area contributed by atoms with Gasteiger partial charge in [-0.3, -0.25) is 4.79 Å². The number of para-hydroxylation sites is 2. The van der Waals surface area contributed by atoms with Crippen LogP contribution in [0.15, 0.2) is 79.4 Å². The summed E-state index contributed by atoms with van der Waals surface area (Å²) in [6.07, 6.45) is 3.09. The van der Waals surface area contributed by atoms with Crippen LogP contribution in [0.4, 0.5) is 5.69 Å². The highest BCUT2D eigenvalue weighted by Crippen LogP contribution is 2.34. The van der Waals surface area contributed by atoms with Crippen LogP contribution in [0.1, 0.15) is 29.3 Å². The minimum absolute atomic E-state index is 0.0129. The molecule has 0 saturated carbocycles. The van der Waals surface area contributed by atoms with Crippen molar-refractivity contribution < 1.29 is 14.3 Å². The zero-order valence-electron chi connectivity index (χ0n) is 20.8. The molecular formula is C30H31N3O3. The fourth-order valence-corrected chi connectivity index (χ4v) is 4.87. The van der Waals surface area contributed by atoms with E-state index in [1.807, 2.05) is 78.6 Å². The third-order valence-electron chi connectivity index (χ3n) is 6.70. The van der Waals surface area contributed by atoms with Gasteiger partial charge in [-0.2, -0.15) is 0 Å². The molecule has 5 rings (SSSR count). The van der Waals surface area contributed by atoms with Crippen molar-refractivity contribution in [1.82, 2.24) is 9.55 Å². The number of aromatic nitrogens is 2. The second kappa shape index (κ2) is 10.3. The Labute approximate surface area is 211 Å². The van der Waals surface area contributed by atoms with Crippen molar-refractivity contribution in [3.05, 3.63) is 96.3 Å². The molecule has 3 aromatic carbocycles. The SMILES string of the molecule is C=CCc1ccc(OCCn2c([C@@H]3CC(=O)N(c4ccc(C)cc4)C3)nc3ccccc32)c(OC)c1. The molecule has 0 aliphatic carbocycles. The van der Waals surface area contributed by atoms with Crippen molar-refractivity contribution in [1.29, 1.82) is 0 Å². The predicted octanol–water partition coefficient (Wildman–Crippen LogP) is 5.68. The average Bonchev–Trinajstić information content (AvgIpc) is 3.46. The predicted molar refractivity (Wildman–Crippen MR) is 143 cm³/mol. The molecule has 1 aliphatic heterocycles. The molecule has 0 N–H and O–H groups in total. The van der Waals surface area contributed by atoms with E-state index in [1.165, 1.54) is 5.56 Å². The Bertz CT molecular complexity index is 1390. The van der Waals surface area contributed by atoms with Crippen LogP contribution in [0.25, 0.3) is 11.0 Å². The van der Waals surface area contributed by atoms with E-state index in [9.17, 15) is 4.79 Å². The molecule has 1 atom stereocenters. The molecule has 36 heavy (non-hydrogen) atoms. The Kier molecular flexibility index (Phi) is 6.76. The zero-order valence-corrected chi connectivity index (χ0v) is 20.8. The quantitative estimate of drug-likeness (QED) is 0.289. The van der Waals surface area contributed by atoms with E-state index >= 15 is 0 Å². The fraction of sp³-hybridized carbons (Fsp3) is 0.267. The summed E-state index contributed by atoms with van der Waals surface area (Å²) in [5.41, 5.74) is 5.22. The number of allylic oxidation sites excluding steroid dienone is 1. The average molecular weight is 482 g/mol. The highest BCUT2D eigenvalue weighted by Gasteiger charge is 2.34. The number of amides is 1. The first-order valence-electron chi connectivity index (χ1n) is 12.3. The lowest BCUT2D eigenvalue weighted by atomic mass is 10.1. The molecular weight excluding hydrogens is 450 g/mol. The van der Waals surface area contributed by atoms with Crippen molar-refractivity contribution in [2.24, 2.45) is 0 Å². The Balaban J connectivity index is 1.37. The zero-order chi connectivity index (χ0) is 25.1. The Morgan fingerprint density at radius 3 is 2.67 bits per heavy atom. The number of hydrogen-bond acceptors (Lipinski definition) is 4. The number of hydrogen-bond donors (Lipinski definition) is 0. The largest absolute Gasteiger partial charge is 0.493 e. The van der Waals surface area contributed by atoms with Crippen molar-refractivity contribution in [2.75, 3.05) is 25.2 Å². The Hall–Kier alpha value is -4.06. The number of benzene rings is 3. The van der Waals surface area contributed by atoms with Gasteiger partial charge in [-0.25, -0.2) is 4.98 Å². The topological polar surface area (TPSA) is 56.6 Å². The van der Waals surface area contributed by atoms with Crippen molar-refractivity contribution in [3.8, 4) is 11.5 Å². The van der Waals surface area contributed by atoms with E-state index in [0.717, 1.165) is 34.5 Å². The summed E-state index contributed by atoms with van der Waals surface area (Å²) in [6, 6.07) is 22.2. The molecule has 4 aromatic rings. The van der Waals surface area contributed by atoms with E-state index in [-0.39, 0.29) is 11.8 Å². The number of methoxy groups -OCH3 is 1.